The number of H-pyrrole nitrogens is 1. The van der Waals surface area contributed by atoms with Gasteiger partial charge in [-0.15, -0.1) is 11.3 Å². The minimum absolute atomic E-state index is 0.853. The second-order valence-electron chi connectivity index (χ2n) is 5.15. The molecular weight excluding hydrogens is 266 g/mol. The van der Waals surface area contributed by atoms with Gasteiger partial charge in [-0.2, -0.15) is 0 Å². The zero-order valence-corrected chi connectivity index (χ0v) is 12.7. The first-order valence-electron chi connectivity index (χ1n) is 6.91. The van der Waals surface area contributed by atoms with E-state index in [0.29, 0.717) is 0 Å². The zero-order valence-electron chi connectivity index (χ0n) is 11.9. The molecule has 4 heteroatoms. The van der Waals surface area contributed by atoms with Gasteiger partial charge < -0.3 is 10.3 Å². The summed E-state index contributed by atoms with van der Waals surface area (Å²) in [7, 11) is 0. The highest BCUT2D eigenvalue weighted by atomic mass is 32.1. The van der Waals surface area contributed by atoms with E-state index in [2.05, 4.69) is 52.0 Å². The van der Waals surface area contributed by atoms with Gasteiger partial charge in [0.15, 0.2) is 0 Å². The van der Waals surface area contributed by atoms with Crippen LogP contribution in [0.3, 0.4) is 0 Å². The van der Waals surface area contributed by atoms with Gasteiger partial charge in [0, 0.05) is 29.0 Å². The van der Waals surface area contributed by atoms with Gasteiger partial charge in [-0.25, -0.2) is 4.98 Å². The van der Waals surface area contributed by atoms with Crippen molar-refractivity contribution in [3.05, 3.63) is 51.6 Å². The Balaban J connectivity index is 1.57. The molecule has 0 amide bonds. The second kappa shape index (κ2) is 5.77. The Bertz CT molecular complexity index is 711. The van der Waals surface area contributed by atoms with Gasteiger partial charge in [0.2, 0.25) is 0 Å². The molecule has 0 radical (unpaired) electrons. The van der Waals surface area contributed by atoms with E-state index in [1.165, 1.54) is 22.0 Å². The number of rotatable bonds is 5. The molecule has 0 saturated carbocycles. The molecule has 2 N–H and O–H groups in total. The Morgan fingerprint density at radius 2 is 2.20 bits per heavy atom. The molecule has 3 aromatic rings. The molecular formula is C16H19N3S. The van der Waals surface area contributed by atoms with E-state index in [0.717, 1.165) is 30.2 Å². The van der Waals surface area contributed by atoms with Crippen molar-refractivity contribution in [3.8, 4) is 0 Å². The molecule has 0 unspecified atom stereocenters. The fraction of sp³-hybridized carbons (Fsp3) is 0.312. The molecule has 0 aliphatic carbocycles. The van der Waals surface area contributed by atoms with E-state index in [4.69, 9.17) is 0 Å². The van der Waals surface area contributed by atoms with Crippen LogP contribution >= 0.6 is 11.3 Å². The highest BCUT2D eigenvalue weighted by Crippen LogP contribution is 2.19. The van der Waals surface area contributed by atoms with Crippen molar-refractivity contribution < 1.29 is 0 Å². The number of thiazole rings is 1. The normalized spacial score (nSPS) is 11.3. The number of hydrogen-bond acceptors (Lipinski definition) is 3. The van der Waals surface area contributed by atoms with Crippen LogP contribution in [0.15, 0.2) is 29.8 Å². The minimum Gasteiger partial charge on any atom is -0.361 e. The van der Waals surface area contributed by atoms with Gasteiger partial charge in [-0.1, -0.05) is 12.1 Å². The van der Waals surface area contributed by atoms with E-state index >= 15 is 0 Å². The minimum atomic E-state index is 0.853. The third-order valence-corrected chi connectivity index (χ3v) is 4.29. The summed E-state index contributed by atoms with van der Waals surface area (Å²) in [6.07, 6.45) is 3.16. The number of nitrogens with one attached hydrogen (secondary N) is 2. The summed E-state index contributed by atoms with van der Waals surface area (Å²) < 4.78 is 0. The van der Waals surface area contributed by atoms with Crippen LogP contribution in [0, 0.1) is 13.8 Å². The van der Waals surface area contributed by atoms with Crippen LogP contribution in [0.2, 0.25) is 0 Å². The second-order valence-corrected chi connectivity index (χ2v) is 6.21. The van der Waals surface area contributed by atoms with Crippen LogP contribution < -0.4 is 5.32 Å². The van der Waals surface area contributed by atoms with Gasteiger partial charge in [0.05, 0.1) is 10.7 Å². The number of nitrogens with zero attached hydrogens (tertiary/aromatic N) is 1. The molecule has 20 heavy (non-hydrogen) atoms. The molecule has 0 atom stereocenters. The monoisotopic (exact) mass is 285 g/mol. The first-order chi connectivity index (χ1) is 9.72. The summed E-state index contributed by atoms with van der Waals surface area (Å²) >= 11 is 1.71. The van der Waals surface area contributed by atoms with E-state index in [1.54, 1.807) is 11.3 Å². The van der Waals surface area contributed by atoms with Gasteiger partial charge in [-0.3, -0.25) is 0 Å². The lowest BCUT2D eigenvalue weighted by Crippen LogP contribution is -2.16. The number of aryl methyl sites for hydroxylation is 2. The number of aromatic nitrogens is 2. The van der Waals surface area contributed by atoms with Crippen molar-refractivity contribution >= 4 is 22.2 Å². The summed E-state index contributed by atoms with van der Waals surface area (Å²) in [6, 6.07) is 6.58. The van der Waals surface area contributed by atoms with Crippen molar-refractivity contribution in [1.82, 2.24) is 15.3 Å². The van der Waals surface area contributed by atoms with Gasteiger partial charge in [0.1, 0.15) is 0 Å². The molecule has 0 fully saturated rings. The maximum absolute atomic E-state index is 4.45. The van der Waals surface area contributed by atoms with Crippen molar-refractivity contribution in [2.75, 3.05) is 6.54 Å². The lowest BCUT2D eigenvalue weighted by Gasteiger charge is -2.02. The molecule has 2 heterocycles. The van der Waals surface area contributed by atoms with Crippen molar-refractivity contribution in [2.45, 2.75) is 26.8 Å². The van der Waals surface area contributed by atoms with Gasteiger partial charge in [-0.05, 0) is 44.0 Å². The van der Waals surface area contributed by atoms with E-state index < -0.39 is 0 Å². The third kappa shape index (κ3) is 2.92. The van der Waals surface area contributed by atoms with E-state index in [1.807, 2.05) is 6.92 Å². The lowest BCUT2D eigenvalue weighted by molar-refractivity contribution is 0.678. The van der Waals surface area contributed by atoms with Crippen LogP contribution in [-0.2, 0) is 13.0 Å². The Kier molecular flexibility index (Phi) is 3.85. The first-order valence-corrected chi connectivity index (χ1v) is 7.78. The summed E-state index contributed by atoms with van der Waals surface area (Å²) in [6.45, 7) is 5.99. The summed E-state index contributed by atoms with van der Waals surface area (Å²) in [5, 5.41) is 8.05. The predicted octanol–water partition coefficient (Wildman–Crippen LogP) is 3.57. The Morgan fingerprint density at radius 3 is 3.00 bits per heavy atom. The van der Waals surface area contributed by atoms with Crippen molar-refractivity contribution in [1.29, 1.82) is 0 Å². The maximum atomic E-state index is 4.45. The average Bonchev–Trinajstić information content (AvgIpc) is 3.01. The fourth-order valence-corrected chi connectivity index (χ4v) is 3.05. The maximum Gasteiger partial charge on any atom is 0.0897 e. The summed E-state index contributed by atoms with van der Waals surface area (Å²) in [4.78, 5) is 7.81. The average molecular weight is 285 g/mol. The predicted molar refractivity (Wildman–Crippen MR) is 85.3 cm³/mol. The standard InChI is InChI=1S/C16H19N3S/c1-11-3-4-15-13(8-18-16(15)7-11)5-6-17-9-14-10-20-12(2)19-14/h3-4,7-8,10,17-18H,5-6,9H2,1-2H3. The topological polar surface area (TPSA) is 40.7 Å². The Labute approximate surface area is 123 Å². The first kappa shape index (κ1) is 13.3. The molecule has 0 spiro atoms. The number of benzene rings is 1. The molecule has 3 nitrogen and oxygen atoms in total. The quantitative estimate of drug-likeness (QED) is 0.704. The number of fused-ring (bicyclic) bond motifs is 1. The summed E-state index contributed by atoms with van der Waals surface area (Å²) in [5.41, 5.74) is 5.04. The highest BCUT2D eigenvalue weighted by Gasteiger charge is 2.03. The molecule has 1 aromatic carbocycles. The molecule has 0 aliphatic rings. The Morgan fingerprint density at radius 1 is 1.30 bits per heavy atom. The third-order valence-electron chi connectivity index (χ3n) is 3.47. The molecule has 0 bridgehead atoms. The van der Waals surface area contributed by atoms with E-state index in [-0.39, 0.29) is 0 Å². The van der Waals surface area contributed by atoms with Crippen molar-refractivity contribution in [3.63, 3.8) is 0 Å². The van der Waals surface area contributed by atoms with Crippen LogP contribution in [-0.4, -0.2) is 16.5 Å². The molecule has 104 valence electrons. The SMILES string of the molecule is Cc1ccc2c(CCNCc3csc(C)n3)c[nH]c2c1. The fourth-order valence-electron chi connectivity index (χ4n) is 2.44. The van der Waals surface area contributed by atoms with Crippen LogP contribution in [0.1, 0.15) is 21.8 Å². The molecule has 2 aromatic heterocycles. The number of hydrogen-bond donors (Lipinski definition) is 2. The largest absolute Gasteiger partial charge is 0.361 e. The van der Waals surface area contributed by atoms with Crippen LogP contribution in [0.5, 0.6) is 0 Å². The number of aromatic amines is 1. The highest BCUT2D eigenvalue weighted by molar-refractivity contribution is 7.09. The lowest BCUT2D eigenvalue weighted by atomic mass is 10.1. The van der Waals surface area contributed by atoms with Gasteiger partial charge >= 0.3 is 0 Å². The van der Waals surface area contributed by atoms with E-state index in [9.17, 15) is 0 Å². The van der Waals surface area contributed by atoms with Crippen molar-refractivity contribution in [2.24, 2.45) is 0 Å². The van der Waals surface area contributed by atoms with Crippen LogP contribution in [0.4, 0.5) is 0 Å². The van der Waals surface area contributed by atoms with Gasteiger partial charge in [0.25, 0.3) is 0 Å². The molecule has 0 saturated heterocycles. The summed E-state index contributed by atoms with van der Waals surface area (Å²) in [5.74, 6) is 0. The zero-order chi connectivity index (χ0) is 13.9. The molecule has 3 rings (SSSR count). The van der Waals surface area contributed by atoms with Crippen LogP contribution in [0.25, 0.3) is 10.9 Å². The smallest absolute Gasteiger partial charge is 0.0897 e. The Hall–Kier alpha value is -1.65. The molecule has 0 aliphatic heterocycles.